The van der Waals surface area contributed by atoms with Gasteiger partial charge < -0.3 is 15.4 Å². The van der Waals surface area contributed by atoms with Gasteiger partial charge >= 0.3 is 0 Å². The Labute approximate surface area is 94.0 Å². The first-order chi connectivity index (χ1) is 7.22. The molecular weight excluding hydrogens is 188 g/mol. The summed E-state index contributed by atoms with van der Waals surface area (Å²) in [6.45, 7) is 6.25. The maximum atomic E-state index is 5.60. The van der Waals surface area contributed by atoms with Gasteiger partial charge in [0.1, 0.15) is 0 Å². The van der Waals surface area contributed by atoms with E-state index in [0.29, 0.717) is 12.0 Å². The fourth-order valence-corrected chi connectivity index (χ4v) is 2.16. The Morgan fingerprint density at radius 3 is 2.93 bits per heavy atom. The third-order valence-electron chi connectivity index (χ3n) is 3.12. The van der Waals surface area contributed by atoms with Gasteiger partial charge in [0.25, 0.3) is 0 Å². The molecule has 2 atom stereocenters. The van der Waals surface area contributed by atoms with Crippen molar-refractivity contribution >= 4 is 0 Å². The number of nitrogens with zero attached hydrogens (tertiary/aromatic N) is 1. The maximum Gasteiger partial charge on any atom is 0.0576 e. The summed E-state index contributed by atoms with van der Waals surface area (Å²) in [5.74, 6) is 0.609. The lowest BCUT2D eigenvalue weighted by atomic mass is 10.1. The van der Waals surface area contributed by atoms with Gasteiger partial charge in [-0.1, -0.05) is 6.92 Å². The highest BCUT2D eigenvalue weighted by molar-refractivity contribution is 4.66. The third-order valence-corrected chi connectivity index (χ3v) is 3.12. The van der Waals surface area contributed by atoms with Crippen LogP contribution in [-0.2, 0) is 4.74 Å². The molecule has 0 aromatic rings. The molecule has 3 heteroatoms. The number of ether oxygens (including phenoxy) is 1. The molecule has 15 heavy (non-hydrogen) atoms. The topological polar surface area (TPSA) is 38.5 Å². The quantitative estimate of drug-likeness (QED) is 0.697. The molecule has 1 aliphatic heterocycles. The van der Waals surface area contributed by atoms with Gasteiger partial charge in [0.05, 0.1) is 6.10 Å². The normalized spacial score (nSPS) is 23.6. The van der Waals surface area contributed by atoms with Gasteiger partial charge in [0.15, 0.2) is 0 Å². The molecule has 1 saturated heterocycles. The first kappa shape index (κ1) is 12.9. The Hall–Kier alpha value is -0.120. The summed E-state index contributed by atoms with van der Waals surface area (Å²) in [4.78, 5) is 2.38. The molecule has 0 amide bonds. The summed E-state index contributed by atoms with van der Waals surface area (Å²) in [7, 11) is 2.18. The molecule has 0 saturated carbocycles. The van der Waals surface area contributed by atoms with E-state index >= 15 is 0 Å². The summed E-state index contributed by atoms with van der Waals surface area (Å²) in [6.07, 6.45) is 5.54. The van der Waals surface area contributed by atoms with Crippen molar-refractivity contribution in [3.05, 3.63) is 0 Å². The number of hydrogen-bond acceptors (Lipinski definition) is 3. The predicted molar refractivity (Wildman–Crippen MR) is 63.9 cm³/mol. The van der Waals surface area contributed by atoms with Crippen LogP contribution in [0.3, 0.4) is 0 Å². The van der Waals surface area contributed by atoms with Gasteiger partial charge in [-0.3, -0.25) is 0 Å². The zero-order chi connectivity index (χ0) is 11.1. The van der Waals surface area contributed by atoms with Crippen LogP contribution in [0.5, 0.6) is 0 Å². The van der Waals surface area contributed by atoms with E-state index in [2.05, 4.69) is 18.9 Å². The monoisotopic (exact) mass is 214 g/mol. The molecule has 0 aromatic heterocycles. The Bertz CT molecular complexity index is 158. The minimum atomic E-state index is 0.547. The van der Waals surface area contributed by atoms with Gasteiger partial charge in [-0.2, -0.15) is 0 Å². The Balaban J connectivity index is 1.98. The van der Waals surface area contributed by atoms with E-state index in [0.717, 1.165) is 19.7 Å². The van der Waals surface area contributed by atoms with Crippen molar-refractivity contribution < 1.29 is 4.74 Å². The van der Waals surface area contributed by atoms with Gasteiger partial charge in [-0.05, 0) is 51.7 Å². The van der Waals surface area contributed by atoms with Crippen molar-refractivity contribution in [2.75, 3.05) is 33.3 Å². The average Bonchev–Trinajstić information content (AvgIpc) is 2.70. The summed E-state index contributed by atoms with van der Waals surface area (Å²) in [6, 6.07) is 0. The van der Waals surface area contributed by atoms with Crippen LogP contribution < -0.4 is 5.73 Å². The van der Waals surface area contributed by atoms with Gasteiger partial charge in [0, 0.05) is 13.2 Å². The van der Waals surface area contributed by atoms with Crippen LogP contribution in [0.25, 0.3) is 0 Å². The number of hydrogen-bond donors (Lipinski definition) is 1. The molecule has 0 aliphatic carbocycles. The standard InChI is InChI=1S/C12H26N2O/c1-11(9-13)10-14(2)7-3-5-12-6-4-8-15-12/h11-12H,3-10,13H2,1-2H3. The molecule has 0 spiro atoms. The lowest BCUT2D eigenvalue weighted by Gasteiger charge is -2.20. The highest BCUT2D eigenvalue weighted by Gasteiger charge is 2.15. The summed E-state index contributed by atoms with van der Waals surface area (Å²) in [5, 5.41) is 0. The molecule has 2 N–H and O–H groups in total. The fourth-order valence-electron chi connectivity index (χ4n) is 2.16. The van der Waals surface area contributed by atoms with Crippen molar-refractivity contribution in [2.24, 2.45) is 11.7 Å². The van der Waals surface area contributed by atoms with Crippen molar-refractivity contribution in [2.45, 2.75) is 38.7 Å². The highest BCUT2D eigenvalue weighted by atomic mass is 16.5. The van der Waals surface area contributed by atoms with Crippen molar-refractivity contribution in [1.82, 2.24) is 4.90 Å². The molecule has 1 heterocycles. The maximum absolute atomic E-state index is 5.60. The third kappa shape index (κ3) is 5.50. The molecular formula is C12H26N2O. The molecule has 2 unspecified atom stereocenters. The van der Waals surface area contributed by atoms with E-state index in [-0.39, 0.29) is 0 Å². The Morgan fingerprint density at radius 1 is 1.53 bits per heavy atom. The lowest BCUT2D eigenvalue weighted by Crippen LogP contribution is -2.29. The highest BCUT2D eigenvalue weighted by Crippen LogP contribution is 2.16. The second kappa shape index (κ2) is 7.20. The van der Waals surface area contributed by atoms with Crippen molar-refractivity contribution in [1.29, 1.82) is 0 Å². The van der Waals surface area contributed by atoms with Crippen LogP contribution in [0.2, 0.25) is 0 Å². The molecule has 0 radical (unpaired) electrons. The molecule has 90 valence electrons. The molecule has 1 rings (SSSR count). The predicted octanol–water partition coefficient (Wildman–Crippen LogP) is 1.47. The largest absolute Gasteiger partial charge is 0.378 e. The minimum Gasteiger partial charge on any atom is -0.378 e. The summed E-state index contributed by atoms with van der Waals surface area (Å²) in [5.41, 5.74) is 5.60. The zero-order valence-electron chi connectivity index (χ0n) is 10.2. The van der Waals surface area contributed by atoms with Gasteiger partial charge in [0.2, 0.25) is 0 Å². The SMILES string of the molecule is CC(CN)CN(C)CCCC1CCCO1. The smallest absolute Gasteiger partial charge is 0.0576 e. The fraction of sp³-hybridized carbons (Fsp3) is 1.00. The number of nitrogens with two attached hydrogens (primary N) is 1. The lowest BCUT2D eigenvalue weighted by molar-refractivity contribution is 0.0993. The molecule has 3 nitrogen and oxygen atoms in total. The van der Waals surface area contributed by atoms with Crippen molar-refractivity contribution in [3.8, 4) is 0 Å². The molecule has 1 fully saturated rings. The van der Waals surface area contributed by atoms with Crippen LogP contribution in [0.4, 0.5) is 0 Å². The van der Waals surface area contributed by atoms with E-state index < -0.39 is 0 Å². The summed E-state index contributed by atoms with van der Waals surface area (Å²) < 4.78 is 5.60. The van der Waals surface area contributed by atoms with Crippen LogP contribution in [0.1, 0.15) is 32.6 Å². The van der Waals surface area contributed by atoms with E-state index in [9.17, 15) is 0 Å². The van der Waals surface area contributed by atoms with Gasteiger partial charge in [-0.25, -0.2) is 0 Å². The number of rotatable bonds is 7. The van der Waals surface area contributed by atoms with Crippen LogP contribution >= 0.6 is 0 Å². The zero-order valence-corrected chi connectivity index (χ0v) is 10.2. The van der Waals surface area contributed by atoms with Crippen LogP contribution in [0.15, 0.2) is 0 Å². The second-order valence-electron chi connectivity index (χ2n) is 4.88. The second-order valence-corrected chi connectivity index (χ2v) is 4.88. The Morgan fingerprint density at radius 2 is 2.33 bits per heavy atom. The van der Waals surface area contributed by atoms with E-state index in [1.807, 2.05) is 0 Å². The minimum absolute atomic E-state index is 0.547. The Kier molecular flexibility index (Phi) is 6.22. The molecule has 0 aromatic carbocycles. The summed E-state index contributed by atoms with van der Waals surface area (Å²) >= 11 is 0. The molecule has 0 bridgehead atoms. The van der Waals surface area contributed by atoms with E-state index in [1.165, 1.54) is 32.2 Å². The molecule has 1 aliphatic rings. The van der Waals surface area contributed by atoms with Crippen LogP contribution in [-0.4, -0.2) is 44.3 Å². The van der Waals surface area contributed by atoms with Crippen LogP contribution in [0, 0.1) is 5.92 Å². The first-order valence-corrected chi connectivity index (χ1v) is 6.22. The van der Waals surface area contributed by atoms with Gasteiger partial charge in [-0.15, -0.1) is 0 Å². The van der Waals surface area contributed by atoms with E-state index in [1.54, 1.807) is 0 Å². The van der Waals surface area contributed by atoms with E-state index in [4.69, 9.17) is 10.5 Å². The average molecular weight is 214 g/mol. The van der Waals surface area contributed by atoms with Crippen molar-refractivity contribution in [3.63, 3.8) is 0 Å². The first-order valence-electron chi connectivity index (χ1n) is 6.22.